The van der Waals surface area contributed by atoms with E-state index in [1.165, 1.54) is 10.6 Å². The minimum Gasteiger partial charge on any atom is -0.271 e. The zero-order chi connectivity index (χ0) is 14.7. The van der Waals surface area contributed by atoms with E-state index in [0.29, 0.717) is 0 Å². The highest BCUT2D eigenvalue weighted by atomic mass is 79.9. The van der Waals surface area contributed by atoms with E-state index < -0.39 is 0 Å². The fourth-order valence-corrected chi connectivity index (χ4v) is 4.39. The van der Waals surface area contributed by atoms with E-state index in [-0.39, 0.29) is 6.04 Å². The minimum absolute atomic E-state index is 0.0920. The molecule has 20 heavy (non-hydrogen) atoms. The molecule has 0 bridgehead atoms. The largest absolute Gasteiger partial charge is 0.271 e. The van der Waals surface area contributed by atoms with Crippen LogP contribution in [0.5, 0.6) is 0 Å². The summed E-state index contributed by atoms with van der Waals surface area (Å²) in [7, 11) is 0. The summed E-state index contributed by atoms with van der Waals surface area (Å²) in [5.74, 6) is 5.74. The fourth-order valence-electron chi connectivity index (χ4n) is 2.16. The Hall–Kier alpha value is -0.210. The number of hydrogen-bond acceptors (Lipinski definition) is 4. The maximum Gasteiger partial charge on any atom is 0.0766 e. The molecule has 3 N–H and O–H groups in total. The van der Waals surface area contributed by atoms with E-state index in [1.807, 2.05) is 0 Å². The first kappa shape index (κ1) is 16.2. The summed E-state index contributed by atoms with van der Waals surface area (Å²) in [6.45, 7) is 5.08. The highest BCUT2D eigenvalue weighted by molar-refractivity contribution is 9.10. The molecule has 2 heterocycles. The summed E-state index contributed by atoms with van der Waals surface area (Å²) in [5.41, 5.74) is 5.21. The van der Waals surface area contributed by atoms with Crippen molar-refractivity contribution in [1.82, 2.24) is 15.2 Å². The second kappa shape index (κ2) is 7.17. The molecule has 0 radical (unpaired) electrons. The Morgan fingerprint density at radius 3 is 2.70 bits per heavy atom. The zero-order valence-electron chi connectivity index (χ0n) is 11.5. The van der Waals surface area contributed by atoms with Gasteiger partial charge in [-0.1, -0.05) is 6.92 Å². The van der Waals surface area contributed by atoms with Crippen LogP contribution >= 0.6 is 43.2 Å². The molecule has 0 saturated heterocycles. The van der Waals surface area contributed by atoms with Crippen molar-refractivity contribution in [2.45, 2.75) is 39.3 Å². The molecular formula is C13H18Br2N4S. The van der Waals surface area contributed by atoms with Crippen LogP contribution in [0.3, 0.4) is 0 Å². The summed E-state index contributed by atoms with van der Waals surface area (Å²) < 4.78 is 4.25. The number of aryl methyl sites for hydroxylation is 2. The number of thiophene rings is 1. The molecule has 0 aliphatic carbocycles. The number of nitrogens with one attached hydrogen (secondary N) is 1. The summed E-state index contributed by atoms with van der Waals surface area (Å²) in [5, 5.41) is 6.70. The lowest BCUT2D eigenvalue weighted by atomic mass is 10.1. The van der Waals surface area contributed by atoms with Crippen LogP contribution in [0.4, 0.5) is 0 Å². The van der Waals surface area contributed by atoms with Crippen LogP contribution < -0.4 is 11.3 Å². The molecule has 0 aliphatic heterocycles. The third kappa shape index (κ3) is 3.33. The van der Waals surface area contributed by atoms with Gasteiger partial charge in [0.05, 0.1) is 21.9 Å². The summed E-state index contributed by atoms with van der Waals surface area (Å²) >= 11 is 8.87. The number of rotatable bonds is 6. The Kier molecular flexibility index (Phi) is 5.80. The van der Waals surface area contributed by atoms with Crippen molar-refractivity contribution in [2.75, 3.05) is 0 Å². The van der Waals surface area contributed by atoms with Crippen LogP contribution in [-0.4, -0.2) is 9.78 Å². The van der Waals surface area contributed by atoms with Crippen molar-refractivity contribution >= 4 is 43.2 Å². The average Bonchev–Trinajstić information content (AvgIpc) is 3.00. The quantitative estimate of drug-likeness (QED) is 0.550. The van der Waals surface area contributed by atoms with Crippen molar-refractivity contribution in [1.29, 1.82) is 0 Å². The van der Waals surface area contributed by atoms with Crippen molar-refractivity contribution in [3.8, 4) is 0 Å². The van der Waals surface area contributed by atoms with Crippen molar-refractivity contribution < 1.29 is 0 Å². The van der Waals surface area contributed by atoms with Crippen LogP contribution in [0, 0.1) is 0 Å². The van der Waals surface area contributed by atoms with Crippen LogP contribution in [0.2, 0.25) is 0 Å². The van der Waals surface area contributed by atoms with E-state index >= 15 is 0 Å². The van der Waals surface area contributed by atoms with Gasteiger partial charge in [-0.25, -0.2) is 0 Å². The van der Waals surface area contributed by atoms with Gasteiger partial charge in [0.1, 0.15) is 0 Å². The molecule has 1 atom stereocenters. The van der Waals surface area contributed by atoms with E-state index in [9.17, 15) is 0 Å². The van der Waals surface area contributed by atoms with Crippen LogP contribution in [-0.2, 0) is 19.4 Å². The zero-order valence-corrected chi connectivity index (χ0v) is 15.5. The molecule has 2 rings (SSSR count). The summed E-state index contributed by atoms with van der Waals surface area (Å²) in [4.78, 5) is 1.22. The number of nitrogens with zero attached hydrogens (tertiary/aromatic N) is 2. The third-order valence-electron chi connectivity index (χ3n) is 3.22. The summed E-state index contributed by atoms with van der Waals surface area (Å²) in [6.07, 6.45) is 1.73. The van der Waals surface area contributed by atoms with Crippen molar-refractivity contribution in [2.24, 2.45) is 5.84 Å². The van der Waals surface area contributed by atoms with Gasteiger partial charge in [-0.05, 0) is 51.3 Å². The fraction of sp³-hybridized carbons (Fsp3) is 0.462. The predicted molar refractivity (Wildman–Crippen MR) is 90.8 cm³/mol. The molecule has 0 saturated carbocycles. The first-order valence-corrected chi connectivity index (χ1v) is 9.01. The van der Waals surface area contributed by atoms with Gasteiger partial charge in [-0.3, -0.25) is 16.0 Å². The monoisotopic (exact) mass is 420 g/mol. The second-order valence-electron chi connectivity index (χ2n) is 4.47. The van der Waals surface area contributed by atoms with Gasteiger partial charge >= 0.3 is 0 Å². The second-order valence-corrected chi connectivity index (χ2v) is 7.12. The predicted octanol–water partition coefficient (Wildman–Crippen LogP) is 3.80. The number of aromatic nitrogens is 2. The molecule has 0 spiro atoms. The van der Waals surface area contributed by atoms with Crippen LogP contribution in [0.1, 0.15) is 36.2 Å². The maximum absolute atomic E-state index is 5.74. The Balaban J connectivity index is 2.29. The van der Waals surface area contributed by atoms with Gasteiger partial charge in [0.15, 0.2) is 0 Å². The molecule has 7 heteroatoms. The first-order chi connectivity index (χ1) is 9.60. The molecule has 0 amide bonds. The molecule has 0 fully saturated rings. The SMILES string of the molecule is CCc1nn(CC)c(CC(NN)c2cc(Br)cs2)c1Br. The van der Waals surface area contributed by atoms with Gasteiger partial charge in [0, 0.05) is 27.7 Å². The van der Waals surface area contributed by atoms with E-state index in [4.69, 9.17) is 5.84 Å². The van der Waals surface area contributed by atoms with Gasteiger partial charge in [0.2, 0.25) is 0 Å². The molecule has 2 aromatic rings. The molecule has 2 aromatic heterocycles. The third-order valence-corrected chi connectivity index (χ3v) is 5.95. The lowest BCUT2D eigenvalue weighted by Crippen LogP contribution is -2.29. The molecule has 4 nitrogen and oxygen atoms in total. The molecule has 1 unspecified atom stereocenters. The van der Waals surface area contributed by atoms with Crippen molar-refractivity contribution in [3.05, 3.63) is 36.7 Å². The van der Waals surface area contributed by atoms with Crippen molar-refractivity contribution in [3.63, 3.8) is 0 Å². The lowest BCUT2D eigenvalue weighted by molar-refractivity contribution is 0.521. The van der Waals surface area contributed by atoms with Gasteiger partial charge in [-0.2, -0.15) is 5.10 Å². The topological polar surface area (TPSA) is 55.9 Å². The lowest BCUT2D eigenvalue weighted by Gasteiger charge is -2.15. The summed E-state index contributed by atoms with van der Waals surface area (Å²) in [6, 6.07) is 2.20. The number of hydrogen-bond donors (Lipinski definition) is 2. The highest BCUT2D eigenvalue weighted by Crippen LogP contribution is 2.31. The maximum atomic E-state index is 5.74. The number of nitrogens with two attached hydrogens (primary N) is 1. The standard InChI is InChI=1S/C13H18Br2N4S/c1-3-9-13(15)11(19(4-2)18-9)6-10(17-16)12-5-8(14)7-20-12/h5,7,10,17H,3-4,6,16H2,1-2H3. The molecule has 0 aliphatic rings. The van der Waals surface area contributed by atoms with Gasteiger partial charge in [0.25, 0.3) is 0 Å². The molecular weight excluding hydrogens is 404 g/mol. The van der Waals surface area contributed by atoms with E-state index in [2.05, 4.69) is 72.4 Å². The van der Waals surface area contributed by atoms with Crippen LogP contribution in [0.15, 0.2) is 20.4 Å². The van der Waals surface area contributed by atoms with E-state index in [0.717, 1.165) is 34.0 Å². The first-order valence-electron chi connectivity index (χ1n) is 6.54. The normalized spacial score (nSPS) is 12.8. The van der Waals surface area contributed by atoms with Crippen LogP contribution in [0.25, 0.3) is 0 Å². The Labute approximate surface area is 140 Å². The Morgan fingerprint density at radius 2 is 2.20 bits per heavy atom. The van der Waals surface area contributed by atoms with E-state index in [1.54, 1.807) is 11.3 Å². The Morgan fingerprint density at radius 1 is 1.45 bits per heavy atom. The average molecular weight is 422 g/mol. The van der Waals surface area contributed by atoms with Gasteiger partial charge < -0.3 is 0 Å². The highest BCUT2D eigenvalue weighted by Gasteiger charge is 2.20. The number of halogens is 2. The molecule has 110 valence electrons. The Bertz CT molecular complexity index is 579. The number of hydrazine groups is 1. The minimum atomic E-state index is 0.0920. The van der Waals surface area contributed by atoms with Gasteiger partial charge in [-0.15, -0.1) is 11.3 Å². The molecule has 0 aromatic carbocycles. The smallest absolute Gasteiger partial charge is 0.0766 e.